The van der Waals surface area contributed by atoms with Gasteiger partial charge in [-0.05, 0) is 29.7 Å². The third kappa shape index (κ3) is 3.15. The van der Waals surface area contributed by atoms with Crippen LogP contribution in [0.1, 0.15) is 0 Å². The van der Waals surface area contributed by atoms with Crippen LogP contribution < -0.4 is 10.2 Å². The van der Waals surface area contributed by atoms with Crippen LogP contribution >= 0.6 is 0 Å². The van der Waals surface area contributed by atoms with E-state index in [1.807, 2.05) is 4.40 Å². The van der Waals surface area contributed by atoms with Gasteiger partial charge < -0.3 is 0 Å². The Kier molecular flexibility index (Phi) is 4.00. The molecule has 0 amide bonds. The Bertz CT molecular complexity index is 1630. The molecular weight excluding hydrogens is 402 g/mol. The Labute approximate surface area is 170 Å². The zero-order chi connectivity index (χ0) is 20.9. The molecule has 0 fully saturated rings. The molecule has 8 nitrogen and oxygen atoms in total. The summed E-state index contributed by atoms with van der Waals surface area (Å²) in [5.74, 6) is 0. The number of pyridine rings is 1. The van der Waals surface area contributed by atoms with Gasteiger partial charge in [-0.1, -0.05) is 12.1 Å². The molecule has 2 aromatic carbocycles. The Morgan fingerprint density at radius 3 is 2.63 bits per heavy atom. The molecule has 0 radical (unpaired) electrons. The van der Waals surface area contributed by atoms with Crippen LogP contribution in [-0.4, -0.2) is 34.0 Å². The molecule has 0 aliphatic heterocycles. The minimum absolute atomic E-state index is 0.230. The molecule has 0 atom stereocenters. The normalized spacial score (nSPS) is 11.9. The Hall–Kier alpha value is -3.85. The van der Waals surface area contributed by atoms with Gasteiger partial charge in [-0.2, -0.15) is 0 Å². The maximum atomic E-state index is 13.3. The number of sulfonamides is 1. The van der Waals surface area contributed by atoms with Crippen molar-refractivity contribution < 1.29 is 8.42 Å². The Balaban J connectivity index is 1.77. The predicted molar refractivity (Wildman–Crippen MR) is 116 cm³/mol. The van der Waals surface area contributed by atoms with E-state index in [-0.39, 0.29) is 5.43 Å². The van der Waals surface area contributed by atoms with Crippen LogP contribution in [0.3, 0.4) is 0 Å². The van der Waals surface area contributed by atoms with Gasteiger partial charge in [0.1, 0.15) is 0 Å². The van der Waals surface area contributed by atoms with Gasteiger partial charge in [-0.3, -0.25) is 23.9 Å². The first kappa shape index (κ1) is 18.2. The van der Waals surface area contributed by atoms with Crippen molar-refractivity contribution >= 4 is 43.0 Å². The maximum Gasteiger partial charge on any atom is 0.229 e. The molecule has 0 saturated carbocycles. The lowest BCUT2D eigenvalue weighted by Crippen LogP contribution is -2.10. The lowest BCUT2D eigenvalue weighted by molar-refractivity contribution is 0.607. The number of nitrogens with zero attached hydrogens (tertiary/aromatic N) is 4. The third-order valence-corrected chi connectivity index (χ3v) is 5.40. The average molecular weight is 417 g/mol. The number of benzene rings is 1. The first-order chi connectivity index (χ1) is 14.4. The third-order valence-electron chi connectivity index (χ3n) is 4.80. The van der Waals surface area contributed by atoms with Crippen molar-refractivity contribution in [1.82, 2.24) is 19.4 Å². The number of hydrogen-bond acceptors (Lipinski definition) is 6. The topological polar surface area (TPSA) is 106 Å². The minimum atomic E-state index is -3.45. The summed E-state index contributed by atoms with van der Waals surface area (Å²) in [5, 5.41) is 1.53. The molecule has 0 aliphatic carbocycles. The molecular formula is C21H15N5O3S. The Morgan fingerprint density at radius 1 is 0.967 bits per heavy atom. The fourth-order valence-electron chi connectivity index (χ4n) is 3.48. The molecule has 30 heavy (non-hydrogen) atoms. The highest BCUT2D eigenvalue weighted by molar-refractivity contribution is 7.92. The fourth-order valence-corrected chi connectivity index (χ4v) is 4.03. The summed E-state index contributed by atoms with van der Waals surface area (Å²) in [7, 11) is -3.45. The zero-order valence-electron chi connectivity index (χ0n) is 15.8. The lowest BCUT2D eigenvalue weighted by Gasteiger charge is -2.04. The lowest BCUT2D eigenvalue weighted by atomic mass is 10.1. The van der Waals surface area contributed by atoms with Crippen molar-refractivity contribution in [2.45, 2.75) is 0 Å². The van der Waals surface area contributed by atoms with E-state index >= 15 is 0 Å². The van der Waals surface area contributed by atoms with E-state index in [1.165, 1.54) is 0 Å². The van der Waals surface area contributed by atoms with E-state index < -0.39 is 10.0 Å². The van der Waals surface area contributed by atoms with Crippen molar-refractivity contribution in [1.29, 1.82) is 0 Å². The second-order valence-electron chi connectivity index (χ2n) is 6.94. The summed E-state index contributed by atoms with van der Waals surface area (Å²) >= 11 is 0. The first-order valence-electron chi connectivity index (χ1n) is 9.01. The average Bonchev–Trinajstić information content (AvgIpc) is 3.09. The van der Waals surface area contributed by atoms with Crippen LogP contribution in [0.2, 0.25) is 0 Å². The van der Waals surface area contributed by atoms with Crippen LogP contribution in [0, 0.1) is 0 Å². The molecule has 3 aromatic heterocycles. The van der Waals surface area contributed by atoms with Crippen molar-refractivity contribution in [3.05, 3.63) is 77.6 Å². The van der Waals surface area contributed by atoms with Gasteiger partial charge in [0.2, 0.25) is 10.0 Å². The highest BCUT2D eigenvalue weighted by Gasteiger charge is 2.11. The maximum absolute atomic E-state index is 13.3. The molecule has 0 aliphatic rings. The van der Waals surface area contributed by atoms with E-state index in [1.54, 1.807) is 67.4 Å². The molecule has 5 aromatic rings. The van der Waals surface area contributed by atoms with E-state index in [0.717, 1.165) is 17.5 Å². The molecule has 0 unspecified atom stereocenters. The first-order valence-corrected chi connectivity index (χ1v) is 10.9. The number of imidazole rings is 1. The monoisotopic (exact) mass is 417 g/mol. The van der Waals surface area contributed by atoms with Crippen LogP contribution in [-0.2, 0) is 10.0 Å². The summed E-state index contributed by atoms with van der Waals surface area (Å²) in [4.78, 5) is 26.2. The second-order valence-corrected chi connectivity index (χ2v) is 8.69. The van der Waals surface area contributed by atoms with Crippen LogP contribution in [0.4, 0.5) is 5.69 Å². The molecule has 0 bridgehead atoms. The number of rotatable bonds is 3. The fraction of sp³-hybridized carbons (Fsp3) is 0.0476. The van der Waals surface area contributed by atoms with Crippen LogP contribution in [0.5, 0.6) is 0 Å². The smallest absolute Gasteiger partial charge is 0.229 e. The molecule has 148 valence electrons. The van der Waals surface area contributed by atoms with Gasteiger partial charge >= 0.3 is 0 Å². The molecule has 0 saturated heterocycles. The van der Waals surface area contributed by atoms with Crippen LogP contribution in [0.15, 0.2) is 72.2 Å². The number of aromatic nitrogens is 4. The van der Waals surface area contributed by atoms with E-state index in [4.69, 9.17) is 0 Å². The van der Waals surface area contributed by atoms with Gasteiger partial charge in [0, 0.05) is 40.6 Å². The van der Waals surface area contributed by atoms with Crippen molar-refractivity contribution in [3.63, 3.8) is 0 Å². The number of hydrogen-bond donors (Lipinski definition) is 1. The Morgan fingerprint density at radius 2 is 1.80 bits per heavy atom. The van der Waals surface area contributed by atoms with Gasteiger partial charge in [-0.25, -0.2) is 13.4 Å². The van der Waals surface area contributed by atoms with Gasteiger partial charge in [0.25, 0.3) is 0 Å². The van der Waals surface area contributed by atoms with E-state index in [9.17, 15) is 13.2 Å². The van der Waals surface area contributed by atoms with Crippen molar-refractivity contribution in [2.24, 2.45) is 0 Å². The largest absolute Gasteiger partial charge is 0.297 e. The SMILES string of the molecule is CS(=O)(=O)Nc1ccc2ccc3ncc(-c4cnc5cnccn45)cc3c(=O)c2c1. The second kappa shape index (κ2) is 6.60. The quantitative estimate of drug-likeness (QED) is 0.484. The summed E-state index contributed by atoms with van der Waals surface area (Å²) in [5.41, 5.74) is 2.87. The zero-order valence-corrected chi connectivity index (χ0v) is 16.6. The predicted octanol–water partition coefficient (Wildman–Crippen LogP) is 2.83. The summed E-state index contributed by atoms with van der Waals surface area (Å²) in [6, 6.07) is 10.2. The molecule has 1 N–H and O–H groups in total. The van der Waals surface area contributed by atoms with Gasteiger partial charge in [0.05, 0.1) is 29.9 Å². The highest BCUT2D eigenvalue weighted by atomic mass is 32.2. The molecule has 3 heterocycles. The van der Waals surface area contributed by atoms with Gasteiger partial charge in [-0.15, -0.1) is 0 Å². The van der Waals surface area contributed by atoms with Crippen LogP contribution in [0.25, 0.3) is 38.6 Å². The summed E-state index contributed by atoms with van der Waals surface area (Å²) < 4.78 is 27.4. The summed E-state index contributed by atoms with van der Waals surface area (Å²) in [6.45, 7) is 0. The number of anilines is 1. The molecule has 9 heteroatoms. The van der Waals surface area contributed by atoms with Gasteiger partial charge in [0.15, 0.2) is 11.1 Å². The molecule has 0 spiro atoms. The van der Waals surface area contributed by atoms with E-state index in [0.29, 0.717) is 33.0 Å². The number of nitrogens with one attached hydrogen (secondary N) is 1. The highest BCUT2D eigenvalue weighted by Crippen LogP contribution is 2.24. The summed E-state index contributed by atoms with van der Waals surface area (Å²) in [6.07, 6.45) is 9.59. The van der Waals surface area contributed by atoms with Crippen molar-refractivity contribution in [2.75, 3.05) is 11.0 Å². The van der Waals surface area contributed by atoms with E-state index in [2.05, 4.69) is 19.7 Å². The standard InChI is InChI=1S/C21H15N5O3S/c1-30(28,29)25-15-4-2-13-3-5-18-17(21(27)16(13)9-15)8-14(10-23-18)19-11-24-20-12-22-6-7-26(19)20/h2-12,25H,1H3. The number of fused-ring (bicyclic) bond motifs is 3. The molecule has 5 rings (SSSR count). The minimum Gasteiger partial charge on any atom is -0.297 e. The van der Waals surface area contributed by atoms with Crippen molar-refractivity contribution in [3.8, 4) is 11.3 Å².